The van der Waals surface area contributed by atoms with Crippen molar-refractivity contribution in [1.29, 1.82) is 0 Å². The zero-order valence-corrected chi connectivity index (χ0v) is 15.4. The molecule has 0 unspecified atom stereocenters. The van der Waals surface area contributed by atoms with Crippen LogP contribution in [0.15, 0.2) is 54.6 Å². The second-order valence-corrected chi connectivity index (χ2v) is 6.99. The molecule has 2 amide bonds. The minimum atomic E-state index is -0.0525. The van der Waals surface area contributed by atoms with Gasteiger partial charge in [0.15, 0.2) is 0 Å². The fraction of sp³-hybridized carbons (Fsp3) is 0.333. The monoisotopic (exact) mass is 370 g/mol. The molecular weight excluding hydrogens is 348 g/mol. The van der Waals surface area contributed by atoms with Crippen molar-refractivity contribution < 1.29 is 9.59 Å². The summed E-state index contributed by atoms with van der Waals surface area (Å²) in [6.07, 6.45) is 1.88. The summed E-state index contributed by atoms with van der Waals surface area (Å²) < 4.78 is 0. The Hall–Kier alpha value is -2.33. The van der Waals surface area contributed by atoms with E-state index in [-0.39, 0.29) is 17.7 Å². The van der Waals surface area contributed by atoms with Gasteiger partial charge in [-0.3, -0.25) is 9.59 Å². The van der Waals surface area contributed by atoms with Gasteiger partial charge in [0.05, 0.1) is 0 Å². The van der Waals surface area contributed by atoms with E-state index in [0.717, 1.165) is 24.1 Å². The standard InChI is InChI=1S/C21H23ClN2O2/c22-18-9-4-8-17(14-18)19(16-6-2-1-3-7-16)15-20(25)23-11-13-24-12-5-10-21(24)26/h1-4,6-9,14,19H,5,10-13,15H2,(H,23,25)/t19-/m0/s1. The minimum Gasteiger partial charge on any atom is -0.354 e. The Morgan fingerprint density at radius 3 is 2.58 bits per heavy atom. The maximum absolute atomic E-state index is 12.5. The van der Waals surface area contributed by atoms with Gasteiger partial charge in [-0.25, -0.2) is 0 Å². The Kier molecular flexibility index (Phi) is 6.29. The highest BCUT2D eigenvalue weighted by Crippen LogP contribution is 2.29. The molecule has 136 valence electrons. The van der Waals surface area contributed by atoms with Gasteiger partial charge < -0.3 is 10.2 Å². The molecule has 1 heterocycles. The normalized spacial score (nSPS) is 15.1. The predicted octanol–water partition coefficient (Wildman–Crippen LogP) is 3.60. The van der Waals surface area contributed by atoms with Crippen molar-refractivity contribution in [2.45, 2.75) is 25.2 Å². The first kappa shape index (κ1) is 18.5. The van der Waals surface area contributed by atoms with Crippen molar-refractivity contribution >= 4 is 23.4 Å². The molecule has 0 bridgehead atoms. The topological polar surface area (TPSA) is 49.4 Å². The summed E-state index contributed by atoms with van der Waals surface area (Å²) in [6, 6.07) is 17.6. The zero-order chi connectivity index (χ0) is 18.4. The molecule has 26 heavy (non-hydrogen) atoms. The largest absolute Gasteiger partial charge is 0.354 e. The lowest BCUT2D eigenvalue weighted by atomic mass is 9.88. The van der Waals surface area contributed by atoms with Gasteiger partial charge in [-0.15, -0.1) is 0 Å². The Morgan fingerprint density at radius 1 is 1.12 bits per heavy atom. The van der Waals surface area contributed by atoms with Crippen molar-refractivity contribution in [3.8, 4) is 0 Å². The summed E-state index contributed by atoms with van der Waals surface area (Å²) in [7, 11) is 0. The molecule has 1 saturated heterocycles. The summed E-state index contributed by atoms with van der Waals surface area (Å²) in [6.45, 7) is 1.86. The molecule has 3 rings (SSSR count). The smallest absolute Gasteiger partial charge is 0.222 e. The first-order valence-corrected chi connectivity index (χ1v) is 9.36. The van der Waals surface area contributed by atoms with E-state index in [1.54, 1.807) is 0 Å². The quantitative estimate of drug-likeness (QED) is 0.809. The molecule has 1 aliphatic rings. The van der Waals surface area contributed by atoms with Crippen LogP contribution in [0.4, 0.5) is 0 Å². The Morgan fingerprint density at radius 2 is 1.88 bits per heavy atom. The number of likely N-dealkylation sites (tertiary alicyclic amines) is 1. The van der Waals surface area contributed by atoms with E-state index >= 15 is 0 Å². The SMILES string of the molecule is O=C(C[C@@H](c1ccccc1)c1cccc(Cl)c1)NCCN1CCCC1=O. The molecule has 5 heteroatoms. The number of halogens is 1. The van der Waals surface area contributed by atoms with E-state index in [9.17, 15) is 9.59 Å². The molecule has 0 saturated carbocycles. The average molecular weight is 371 g/mol. The fourth-order valence-corrected chi connectivity index (χ4v) is 3.56. The van der Waals surface area contributed by atoms with Gasteiger partial charge in [-0.1, -0.05) is 54.1 Å². The van der Waals surface area contributed by atoms with Crippen LogP contribution >= 0.6 is 11.6 Å². The van der Waals surface area contributed by atoms with E-state index in [2.05, 4.69) is 5.32 Å². The number of amides is 2. The van der Waals surface area contributed by atoms with Crippen molar-refractivity contribution in [3.05, 3.63) is 70.7 Å². The van der Waals surface area contributed by atoms with Crippen LogP contribution in [-0.2, 0) is 9.59 Å². The lowest BCUT2D eigenvalue weighted by molar-refractivity contribution is -0.128. The Labute approximate surface area is 159 Å². The highest BCUT2D eigenvalue weighted by molar-refractivity contribution is 6.30. The Balaban J connectivity index is 1.64. The summed E-state index contributed by atoms with van der Waals surface area (Å²) in [4.78, 5) is 25.9. The van der Waals surface area contributed by atoms with Crippen LogP contribution in [0.25, 0.3) is 0 Å². The van der Waals surface area contributed by atoms with Crippen LogP contribution in [-0.4, -0.2) is 36.3 Å². The lowest BCUT2D eigenvalue weighted by Crippen LogP contribution is -2.36. The zero-order valence-electron chi connectivity index (χ0n) is 14.7. The van der Waals surface area contributed by atoms with Crippen LogP contribution < -0.4 is 5.32 Å². The van der Waals surface area contributed by atoms with Gasteiger partial charge in [-0.05, 0) is 29.7 Å². The van der Waals surface area contributed by atoms with Gasteiger partial charge in [0.25, 0.3) is 0 Å². The number of benzene rings is 2. The maximum Gasteiger partial charge on any atom is 0.222 e. The molecule has 0 radical (unpaired) electrons. The molecule has 0 aliphatic carbocycles. The number of carbonyl (C=O) groups is 2. The van der Waals surface area contributed by atoms with Gasteiger partial charge in [0.2, 0.25) is 11.8 Å². The second kappa shape index (κ2) is 8.86. The van der Waals surface area contributed by atoms with Crippen molar-refractivity contribution in [2.75, 3.05) is 19.6 Å². The van der Waals surface area contributed by atoms with E-state index in [1.165, 1.54) is 0 Å². The molecular formula is C21H23ClN2O2. The highest BCUT2D eigenvalue weighted by atomic mass is 35.5. The van der Waals surface area contributed by atoms with Crippen molar-refractivity contribution in [2.24, 2.45) is 0 Å². The number of rotatable bonds is 7. The molecule has 1 atom stereocenters. The molecule has 1 N–H and O–H groups in total. The van der Waals surface area contributed by atoms with E-state index in [0.29, 0.717) is 31.0 Å². The van der Waals surface area contributed by atoms with Gasteiger partial charge in [0.1, 0.15) is 0 Å². The molecule has 0 spiro atoms. The summed E-state index contributed by atoms with van der Waals surface area (Å²) in [5.41, 5.74) is 2.10. The third kappa shape index (κ3) is 4.85. The fourth-order valence-electron chi connectivity index (χ4n) is 3.37. The number of hydrogen-bond acceptors (Lipinski definition) is 2. The maximum atomic E-state index is 12.5. The Bertz CT molecular complexity index is 764. The lowest BCUT2D eigenvalue weighted by Gasteiger charge is -2.19. The van der Waals surface area contributed by atoms with Crippen LogP contribution in [0.5, 0.6) is 0 Å². The van der Waals surface area contributed by atoms with Crippen LogP contribution in [0, 0.1) is 0 Å². The molecule has 1 aliphatic heterocycles. The third-order valence-corrected chi connectivity index (χ3v) is 4.95. The number of hydrogen-bond donors (Lipinski definition) is 1. The van der Waals surface area contributed by atoms with Crippen molar-refractivity contribution in [1.82, 2.24) is 10.2 Å². The van der Waals surface area contributed by atoms with Gasteiger partial charge in [0, 0.05) is 43.4 Å². The predicted molar refractivity (Wildman–Crippen MR) is 103 cm³/mol. The summed E-state index contributed by atoms with van der Waals surface area (Å²) in [5, 5.41) is 3.61. The third-order valence-electron chi connectivity index (χ3n) is 4.72. The number of nitrogens with one attached hydrogen (secondary N) is 1. The van der Waals surface area contributed by atoms with Crippen LogP contribution in [0.2, 0.25) is 5.02 Å². The average Bonchev–Trinajstić information content (AvgIpc) is 3.05. The van der Waals surface area contributed by atoms with E-state index < -0.39 is 0 Å². The molecule has 2 aromatic carbocycles. The molecule has 2 aromatic rings. The van der Waals surface area contributed by atoms with Crippen LogP contribution in [0.1, 0.15) is 36.3 Å². The first-order chi connectivity index (χ1) is 12.6. The number of nitrogens with zero attached hydrogens (tertiary/aromatic N) is 1. The summed E-state index contributed by atoms with van der Waals surface area (Å²) in [5.74, 6) is 0.106. The van der Waals surface area contributed by atoms with Gasteiger partial charge in [-0.2, -0.15) is 0 Å². The second-order valence-electron chi connectivity index (χ2n) is 6.56. The first-order valence-electron chi connectivity index (χ1n) is 8.98. The minimum absolute atomic E-state index is 0.0227. The molecule has 0 aromatic heterocycles. The molecule has 4 nitrogen and oxygen atoms in total. The summed E-state index contributed by atoms with van der Waals surface area (Å²) >= 11 is 6.14. The van der Waals surface area contributed by atoms with Crippen LogP contribution in [0.3, 0.4) is 0 Å². The van der Waals surface area contributed by atoms with Gasteiger partial charge >= 0.3 is 0 Å². The number of carbonyl (C=O) groups excluding carboxylic acids is 2. The van der Waals surface area contributed by atoms with E-state index in [4.69, 9.17) is 11.6 Å². The molecule has 1 fully saturated rings. The van der Waals surface area contributed by atoms with E-state index in [1.807, 2.05) is 59.5 Å². The highest BCUT2D eigenvalue weighted by Gasteiger charge is 2.21. The van der Waals surface area contributed by atoms with Crippen molar-refractivity contribution in [3.63, 3.8) is 0 Å².